The van der Waals surface area contributed by atoms with E-state index in [0.717, 1.165) is 36.8 Å². The van der Waals surface area contributed by atoms with Gasteiger partial charge < -0.3 is 26.4 Å². The third-order valence-corrected chi connectivity index (χ3v) is 11.6. The minimum Gasteiger partial charge on any atom is -0.870 e. The molecule has 2 aliphatic carbocycles. The quantitative estimate of drug-likeness (QED) is 0.132. The van der Waals surface area contributed by atoms with E-state index in [1.165, 1.54) is 19.3 Å². The number of Topliss-reactive ketones (excluding diaryl/α,β-unsaturated/α-hetero) is 2. The van der Waals surface area contributed by atoms with Crippen molar-refractivity contribution < 1.29 is 77.2 Å². The summed E-state index contributed by atoms with van der Waals surface area (Å²) in [4.78, 5) is 47.2. The van der Waals surface area contributed by atoms with Crippen molar-refractivity contribution in [2.24, 2.45) is 53.1 Å². The van der Waals surface area contributed by atoms with E-state index in [-0.39, 0.29) is 64.3 Å². The number of carbonyl (C=O) groups is 4. The largest absolute Gasteiger partial charge is 1.00 e. The molecule has 15 heteroatoms. The van der Waals surface area contributed by atoms with Gasteiger partial charge in [0.1, 0.15) is 17.2 Å². The van der Waals surface area contributed by atoms with Crippen LogP contribution in [-0.2, 0) is 19.1 Å². The second kappa shape index (κ2) is 31.7. The number of ketones is 2. The first-order valence-electron chi connectivity index (χ1n) is 21.7. The molecule has 0 aromatic heterocycles. The minimum atomic E-state index is -5.08. The average molecular weight is 942 g/mol. The van der Waals surface area contributed by atoms with Gasteiger partial charge in [-0.2, -0.15) is 13.2 Å². The molecule has 0 bridgehead atoms. The molecule has 1 amide bonds. The fourth-order valence-electron chi connectivity index (χ4n) is 8.42. The summed E-state index contributed by atoms with van der Waals surface area (Å²) in [5.41, 5.74) is 7.83. The monoisotopic (exact) mass is 940 g/mol. The number of carbonyl (C=O) groups excluding carboxylic acids is 3. The summed E-state index contributed by atoms with van der Waals surface area (Å²) in [5, 5.41) is 10.3. The Morgan fingerprint density at radius 3 is 1.46 bits per heavy atom. The number of aliphatic carboxylic acids is 1. The maximum Gasteiger partial charge on any atom is 1.00 e. The molecule has 2 aliphatic rings. The molecule has 0 unspecified atom stereocenters. The molecule has 9 nitrogen and oxygen atoms in total. The molecule has 354 valence electrons. The third-order valence-electron chi connectivity index (χ3n) is 11.6. The predicted molar refractivity (Wildman–Crippen MR) is 242 cm³/mol. The topological polar surface area (TPSA) is 166 Å². The standard InChI is InChI=1S/C25H39NO3.C20H31NO.C2HF3O2.CH2Cl2.Na.H2O/c1-17(2)20-13-12-18(3)16-21(20)23(27)15-14-22(19-10-8-7-9-11-19)26-24(28)29-25(4,5)6;1-14(2)17-10-9-15(3)13-18(17)20(22)12-11-19(21)16-7-5-4-6-8-16;3-2(4,5)1(6)7;2-1-3;;/h7-11,17-18,20-22H,12-16H2,1-6H3,(H,26,28);4-8,14-15,17-19H,9-13,21H2,1-3H3;(H,6,7);1H2;;1H2/q;;;;+1;/p-1/t18-,20+,21-,22+;15-,17+,18-,19+;;;;/m11..../s1. The molecule has 2 aromatic rings. The molecule has 2 fully saturated rings. The van der Waals surface area contributed by atoms with Crippen molar-refractivity contribution in [1.29, 1.82) is 0 Å². The number of alkyl carbamates (subject to hydrolysis) is 1. The molecular formula is C48H74Cl2F3N2NaO7. The number of nitrogens with one attached hydrogen (secondary N) is 1. The van der Waals surface area contributed by atoms with Crippen LogP contribution in [0.2, 0.25) is 0 Å². The maximum atomic E-state index is 13.2. The Balaban J connectivity index is 0. The number of carboxylic acid groups (broad SMARTS) is 1. The van der Waals surface area contributed by atoms with Crippen LogP contribution < -0.4 is 40.6 Å². The maximum absolute atomic E-state index is 13.2. The van der Waals surface area contributed by atoms with Crippen LogP contribution in [0.5, 0.6) is 0 Å². The van der Waals surface area contributed by atoms with Crippen molar-refractivity contribution in [3.8, 4) is 0 Å². The van der Waals surface area contributed by atoms with E-state index >= 15 is 0 Å². The first-order chi connectivity index (χ1) is 28.4. The van der Waals surface area contributed by atoms with Crippen LogP contribution in [0, 0.1) is 47.3 Å². The predicted octanol–water partition coefficient (Wildman–Crippen LogP) is 9.94. The van der Waals surface area contributed by atoms with E-state index in [9.17, 15) is 27.6 Å². The molecule has 0 aliphatic heterocycles. The zero-order chi connectivity index (χ0) is 46.5. The van der Waals surface area contributed by atoms with Gasteiger partial charge in [0.05, 0.1) is 11.4 Å². The van der Waals surface area contributed by atoms with Gasteiger partial charge in [-0.25, -0.2) is 9.59 Å². The number of halogens is 5. The van der Waals surface area contributed by atoms with E-state index < -0.39 is 23.8 Å². The molecule has 2 saturated carbocycles. The van der Waals surface area contributed by atoms with Crippen LogP contribution in [0.3, 0.4) is 0 Å². The Bertz CT molecular complexity index is 1580. The van der Waals surface area contributed by atoms with Crippen LogP contribution in [-0.4, -0.2) is 51.3 Å². The second-order valence-corrected chi connectivity index (χ2v) is 19.2. The fraction of sp³-hybridized carbons (Fsp3) is 0.667. The SMILES string of the molecule is CC(C)[C@@H]1CC[C@@H](C)C[C@H]1C(=O)CC[C@H](N)c1ccccc1.CC(C)[C@@H]1CC[C@@H](C)C[C@H]1C(=O)CC[C@H](NC(=O)OC(C)(C)C)c1ccccc1.ClCCl.O=C(O)C(F)(F)F.[Na+].[OH-]. The van der Waals surface area contributed by atoms with E-state index in [4.69, 9.17) is 43.6 Å². The summed E-state index contributed by atoms with van der Waals surface area (Å²) < 4.78 is 37.2. The molecule has 0 spiro atoms. The van der Waals surface area contributed by atoms with Gasteiger partial charge in [0.15, 0.2) is 0 Å². The van der Waals surface area contributed by atoms with Gasteiger partial charge >= 0.3 is 47.8 Å². The summed E-state index contributed by atoms with van der Waals surface area (Å²) in [7, 11) is 0. The number of hydrogen-bond acceptors (Lipinski definition) is 7. The molecule has 5 N–H and O–H groups in total. The van der Waals surface area contributed by atoms with Crippen molar-refractivity contribution >= 4 is 46.8 Å². The Labute approximate surface area is 407 Å². The fourth-order valence-corrected chi connectivity index (χ4v) is 8.42. The normalized spacial score (nSPS) is 21.7. The number of hydrogen-bond donors (Lipinski definition) is 3. The molecule has 4 rings (SSSR count). The van der Waals surface area contributed by atoms with Crippen molar-refractivity contribution in [3.05, 3.63) is 71.8 Å². The first-order valence-corrected chi connectivity index (χ1v) is 22.8. The van der Waals surface area contributed by atoms with Crippen LogP contribution in [0.4, 0.5) is 18.0 Å². The molecule has 8 atom stereocenters. The van der Waals surface area contributed by atoms with Crippen molar-refractivity contribution in [1.82, 2.24) is 5.32 Å². The van der Waals surface area contributed by atoms with Crippen LogP contribution >= 0.6 is 23.2 Å². The number of carboxylic acids is 1. The first kappa shape index (κ1) is 62.9. The number of benzene rings is 2. The summed E-state index contributed by atoms with van der Waals surface area (Å²) in [6.45, 7) is 19.1. The van der Waals surface area contributed by atoms with Crippen LogP contribution in [0.1, 0.15) is 150 Å². The second-order valence-electron chi connectivity index (χ2n) is 18.4. The average Bonchev–Trinajstić information content (AvgIpc) is 3.18. The summed E-state index contributed by atoms with van der Waals surface area (Å²) >= 11 is 9.53. The summed E-state index contributed by atoms with van der Waals surface area (Å²) in [5.74, 6) is 1.92. The van der Waals surface area contributed by atoms with Crippen molar-refractivity contribution in [2.75, 3.05) is 5.34 Å². The van der Waals surface area contributed by atoms with Crippen LogP contribution in [0.25, 0.3) is 0 Å². The molecule has 63 heavy (non-hydrogen) atoms. The molecule has 0 radical (unpaired) electrons. The third kappa shape index (κ3) is 25.3. The zero-order valence-corrected chi connectivity index (χ0v) is 42.7. The minimum absolute atomic E-state index is 0. The molecule has 0 saturated heterocycles. The van der Waals surface area contributed by atoms with E-state index in [0.29, 0.717) is 66.3 Å². The van der Waals surface area contributed by atoms with Gasteiger partial charge in [0.2, 0.25) is 0 Å². The zero-order valence-electron chi connectivity index (χ0n) is 39.2. The Kier molecular flexibility index (Phi) is 31.6. The van der Waals surface area contributed by atoms with Gasteiger partial charge in [-0.05, 0) is 106 Å². The molecule has 2 aromatic carbocycles. The Morgan fingerprint density at radius 1 is 0.746 bits per heavy atom. The van der Waals surface area contributed by atoms with Crippen LogP contribution in [0.15, 0.2) is 60.7 Å². The Morgan fingerprint density at radius 2 is 1.11 bits per heavy atom. The van der Waals surface area contributed by atoms with E-state index in [1.54, 1.807) is 0 Å². The van der Waals surface area contributed by atoms with Gasteiger partial charge in [-0.15, -0.1) is 23.2 Å². The Hall–Kier alpha value is -2.19. The van der Waals surface area contributed by atoms with Crippen molar-refractivity contribution in [2.45, 2.75) is 150 Å². The van der Waals surface area contributed by atoms with Gasteiger partial charge in [-0.1, -0.05) is 115 Å². The van der Waals surface area contributed by atoms with Crippen molar-refractivity contribution in [3.63, 3.8) is 0 Å². The number of amides is 1. The van der Waals surface area contributed by atoms with E-state index in [2.05, 4.69) is 59.0 Å². The summed E-state index contributed by atoms with van der Waals surface area (Å²) in [6, 6.07) is 19.7. The van der Waals surface area contributed by atoms with Gasteiger partial charge in [0, 0.05) is 30.7 Å². The summed E-state index contributed by atoms with van der Waals surface area (Å²) in [6.07, 6.45) is 3.86. The smallest absolute Gasteiger partial charge is 0.870 e. The van der Waals surface area contributed by atoms with Gasteiger partial charge in [-0.3, -0.25) is 9.59 Å². The molecular weight excluding hydrogens is 867 g/mol. The number of alkyl halides is 5. The number of ether oxygens (including phenoxy) is 1. The number of rotatable bonds is 13. The molecule has 0 heterocycles. The van der Waals surface area contributed by atoms with Gasteiger partial charge in [0.25, 0.3) is 0 Å². The van der Waals surface area contributed by atoms with E-state index in [1.807, 2.05) is 69.3 Å². The number of nitrogens with two attached hydrogens (primary N) is 1.